The van der Waals surface area contributed by atoms with E-state index in [2.05, 4.69) is 15.0 Å². The molecule has 1 atom stereocenters. The van der Waals surface area contributed by atoms with E-state index in [0.717, 1.165) is 24.7 Å². The predicted molar refractivity (Wildman–Crippen MR) is 107 cm³/mol. The number of carbonyl (C=O) groups excluding carboxylic acids is 2. The van der Waals surface area contributed by atoms with Crippen LogP contribution in [-0.4, -0.2) is 55.5 Å². The van der Waals surface area contributed by atoms with Crippen molar-refractivity contribution in [2.24, 2.45) is 0 Å². The summed E-state index contributed by atoms with van der Waals surface area (Å²) in [7, 11) is -2.12. The Bertz CT molecular complexity index is 969. The first-order valence-corrected chi connectivity index (χ1v) is 11.4. The lowest BCUT2D eigenvalue weighted by Crippen LogP contribution is -2.49. The number of rotatable bonds is 5. The van der Waals surface area contributed by atoms with Gasteiger partial charge in [0.1, 0.15) is 6.04 Å². The zero-order valence-electron chi connectivity index (χ0n) is 15.5. The number of carbonyl (C=O) groups is 2. The first-order valence-electron chi connectivity index (χ1n) is 8.71. The zero-order chi connectivity index (χ0) is 20.3. The van der Waals surface area contributed by atoms with Gasteiger partial charge in [0.05, 0.1) is 24.6 Å². The van der Waals surface area contributed by atoms with Gasteiger partial charge in [-0.15, -0.1) is 11.3 Å². The van der Waals surface area contributed by atoms with E-state index in [4.69, 9.17) is 0 Å². The number of hydrogen-bond acceptors (Lipinski definition) is 7. The Kier molecular flexibility index (Phi) is 6.11. The summed E-state index contributed by atoms with van der Waals surface area (Å²) in [5, 5.41) is 4.92. The van der Waals surface area contributed by atoms with Crippen LogP contribution in [0.15, 0.2) is 29.6 Å². The van der Waals surface area contributed by atoms with E-state index >= 15 is 0 Å². The number of anilines is 1. The highest BCUT2D eigenvalue weighted by Gasteiger charge is 2.34. The van der Waals surface area contributed by atoms with Crippen LogP contribution in [-0.2, 0) is 19.6 Å². The van der Waals surface area contributed by atoms with Crippen molar-refractivity contribution in [3.63, 3.8) is 0 Å². The topological polar surface area (TPSA) is 106 Å². The van der Waals surface area contributed by atoms with Gasteiger partial charge in [0, 0.05) is 17.5 Å². The molecule has 1 aliphatic heterocycles. The van der Waals surface area contributed by atoms with Gasteiger partial charge in [0.25, 0.3) is 0 Å². The van der Waals surface area contributed by atoms with Crippen molar-refractivity contribution in [3.05, 3.63) is 35.2 Å². The Balaban J connectivity index is 1.72. The molecular weight excluding hydrogens is 402 g/mol. The minimum absolute atomic E-state index is 0.354. The van der Waals surface area contributed by atoms with Crippen LogP contribution in [0.4, 0.5) is 5.13 Å². The second-order valence-electron chi connectivity index (χ2n) is 6.48. The molecule has 1 fully saturated rings. The lowest BCUT2D eigenvalue weighted by Gasteiger charge is -2.32. The van der Waals surface area contributed by atoms with Crippen LogP contribution in [0.1, 0.15) is 29.6 Å². The molecule has 0 bridgehead atoms. The molecule has 1 aliphatic rings. The normalized spacial score (nSPS) is 17.9. The van der Waals surface area contributed by atoms with Gasteiger partial charge >= 0.3 is 5.97 Å². The molecule has 1 aromatic heterocycles. The summed E-state index contributed by atoms with van der Waals surface area (Å²) < 4.78 is 29.8. The molecule has 8 nitrogen and oxygen atoms in total. The molecule has 1 amide bonds. The molecular formula is C18H21N3O5S2. The average molecular weight is 424 g/mol. The summed E-state index contributed by atoms with van der Waals surface area (Å²) in [4.78, 5) is 28.5. The summed E-state index contributed by atoms with van der Waals surface area (Å²) in [5.74, 6) is -0.784. The maximum absolute atomic E-state index is 12.6. The number of ether oxygens (including phenoxy) is 1. The van der Waals surface area contributed by atoms with Gasteiger partial charge in [0.15, 0.2) is 5.13 Å². The minimum Gasteiger partial charge on any atom is -0.465 e. The van der Waals surface area contributed by atoms with Crippen molar-refractivity contribution < 1.29 is 22.7 Å². The number of esters is 1. The van der Waals surface area contributed by atoms with E-state index in [0.29, 0.717) is 29.4 Å². The molecule has 2 heterocycles. The van der Waals surface area contributed by atoms with Crippen LogP contribution in [0.3, 0.4) is 0 Å². The van der Waals surface area contributed by atoms with Crippen LogP contribution in [0.2, 0.25) is 0 Å². The predicted octanol–water partition coefficient (Wildman–Crippen LogP) is 2.35. The second-order valence-corrected chi connectivity index (χ2v) is 9.27. The van der Waals surface area contributed by atoms with E-state index in [1.165, 1.54) is 22.8 Å². The minimum atomic E-state index is -3.45. The average Bonchev–Trinajstić information content (AvgIpc) is 3.15. The first kappa shape index (κ1) is 20.4. The second kappa shape index (κ2) is 8.38. The third kappa shape index (κ3) is 4.57. The fourth-order valence-electron chi connectivity index (χ4n) is 3.11. The number of hydrogen-bond donors (Lipinski definition) is 1. The van der Waals surface area contributed by atoms with Crippen LogP contribution >= 0.6 is 11.3 Å². The summed E-state index contributed by atoms with van der Waals surface area (Å²) in [5.41, 5.74) is 1.88. The van der Waals surface area contributed by atoms with Crippen LogP contribution in [0.25, 0.3) is 11.3 Å². The van der Waals surface area contributed by atoms with Crippen molar-refractivity contribution in [1.29, 1.82) is 0 Å². The fraction of sp³-hybridized carbons (Fsp3) is 0.389. The number of sulfonamides is 1. The Labute approximate surface area is 167 Å². The molecule has 150 valence electrons. The number of amides is 1. The van der Waals surface area contributed by atoms with E-state index in [-0.39, 0.29) is 5.91 Å². The Morgan fingerprint density at radius 2 is 1.96 bits per heavy atom. The molecule has 1 unspecified atom stereocenters. The van der Waals surface area contributed by atoms with Crippen molar-refractivity contribution >= 4 is 38.4 Å². The maximum atomic E-state index is 12.6. The molecule has 1 N–H and O–H groups in total. The fourth-order valence-corrected chi connectivity index (χ4v) is 4.96. The Hall–Kier alpha value is -2.30. The van der Waals surface area contributed by atoms with Crippen LogP contribution < -0.4 is 5.32 Å². The SMILES string of the molecule is COC(=O)c1ccc(-c2csc(NC(=O)C3CCCCN3S(C)(=O)=O)n2)cc1. The Morgan fingerprint density at radius 3 is 2.61 bits per heavy atom. The van der Waals surface area contributed by atoms with Gasteiger partial charge in [-0.1, -0.05) is 18.6 Å². The van der Waals surface area contributed by atoms with Crippen LogP contribution in [0.5, 0.6) is 0 Å². The Morgan fingerprint density at radius 1 is 1.25 bits per heavy atom. The highest BCUT2D eigenvalue weighted by molar-refractivity contribution is 7.88. The van der Waals surface area contributed by atoms with E-state index in [1.54, 1.807) is 29.6 Å². The van der Waals surface area contributed by atoms with Crippen molar-refractivity contribution in [2.45, 2.75) is 25.3 Å². The molecule has 2 aromatic rings. The summed E-state index contributed by atoms with van der Waals surface area (Å²) >= 11 is 1.26. The number of thiazole rings is 1. The molecule has 1 saturated heterocycles. The molecule has 1 aromatic carbocycles. The molecule has 28 heavy (non-hydrogen) atoms. The van der Waals surface area contributed by atoms with Crippen molar-refractivity contribution in [1.82, 2.24) is 9.29 Å². The number of benzene rings is 1. The number of piperidine rings is 1. The van der Waals surface area contributed by atoms with E-state index < -0.39 is 22.0 Å². The molecule has 3 rings (SSSR count). The largest absolute Gasteiger partial charge is 0.465 e. The van der Waals surface area contributed by atoms with Gasteiger partial charge in [-0.3, -0.25) is 4.79 Å². The quantitative estimate of drug-likeness (QED) is 0.740. The zero-order valence-corrected chi connectivity index (χ0v) is 17.2. The van der Waals surface area contributed by atoms with Crippen LogP contribution in [0, 0.1) is 0 Å². The third-order valence-electron chi connectivity index (χ3n) is 4.52. The molecule has 0 aliphatic carbocycles. The van der Waals surface area contributed by atoms with Gasteiger partial charge in [-0.05, 0) is 25.0 Å². The van der Waals surface area contributed by atoms with E-state index in [1.807, 2.05) is 0 Å². The molecule has 0 radical (unpaired) electrons. The summed E-state index contributed by atoms with van der Waals surface area (Å²) in [6.45, 7) is 0.354. The maximum Gasteiger partial charge on any atom is 0.337 e. The molecule has 0 spiro atoms. The molecule has 0 saturated carbocycles. The first-order chi connectivity index (χ1) is 13.3. The van der Waals surface area contributed by atoms with Crippen molar-refractivity contribution in [2.75, 3.05) is 25.2 Å². The number of aromatic nitrogens is 1. The number of nitrogens with one attached hydrogen (secondary N) is 1. The molecule has 10 heteroatoms. The van der Waals surface area contributed by atoms with Crippen molar-refractivity contribution in [3.8, 4) is 11.3 Å². The van der Waals surface area contributed by atoms with E-state index in [9.17, 15) is 18.0 Å². The van der Waals surface area contributed by atoms with Gasteiger partial charge in [0.2, 0.25) is 15.9 Å². The lowest BCUT2D eigenvalue weighted by molar-refractivity contribution is -0.120. The monoisotopic (exact) mass is 423 g/mol. The summed E-state index contributed by atoms with van der Waals surface area (Å²) in [6.07, 6.45) is 3.17. The van der Waals surface area contributed by atoms with Gasteiger partial charge in [-0.2, -0.15) is 4.31 Å². The highest BCUT2D eigenvalue weighted by atomic mass is 32.2. The highest BCUT2D eigenvalue weighted by Crippen LogP contribution is 2.27. The smallest absolute Gasteiger partial charge is 0.337 e. The van der Waals surface area contributed by atoms with Gasteiger partial charge in [-0.25, -0.2) is 18.2 Å². The third-order valence-corrected chi connectivity index (χ3v) is 6.57. The standard InChI is InChI=1S/C18H21N3O5S2/c1-26-17(23)13-8-6-12(7-9-13)14-11-27-18(19-14)20-16(22)15-5-3-4-10-21(15)28(2,24)25/h6-9,11,15H,3-5,10H2,1-2H3,(H,19,20,22). The number of methoxy groups -OCH3 is 1. The summed E-state index contributed by atoms with van der Waals surface area (Å²) in [6, 6.07) is 6.07. The van der Waals surface area contributed by atoms with Gasteiger partial charge < -0.3 is 10.1 Å². The lowest BCUT2D eigenvalue weighted by atomic mass is 10.0. The number of nitrogens with zero attached hydrogens (tertiary/aromatic N) is 2.